The van der Waals surface area contributed by atoms with Gasteiger partial charge in [-0.25, -0.2) is 4.68 Å². The number of benzene rings is 1. The van der Waals surface area contributed by atoms with Crippen LogP contribution in [0.25, 0.3) is 5.69 Å². The second-order valence-corrected chi connectivity index (χ2v) is 4.66. The van der Waals surface area contributed by atoms with Crippen molar-refractivity contribution in [1.29, 1.82) is 0 Å². The zero-order chi connectivity index (χ0) is 13.7. The molecule has 0 saturated carbocycles. The second kappa shape index (κ2) is 6.38. The number of carbonyl (C=O) groups excluding carboxylic acids is 1. The number of aromatic nitrogens is 2. The number of rotatable bonds is 5. The van der Waals surface area contributed by atoms with Gasteiger partial charge in [0.15, 0.2) is 0 Å². The fraction of sp³-hybridized carbons (Fsp3) is 0.286. The van der Waals surface area contributed by atoms with E-state index >= 15 is 0 Å². The molecule has 2 rings (SSSR count). The van der Waals surface area contributed by atoms with Crippen molar-refractivity contribution in [3.05, 3.63) is 48.3 Å². The summed E-state index contributed by atoms with van der Waals surface area (Å²) in [5.41, 5.74) is 1.98. The van der Waals surface area contributed by atoms with Gasteiger partial charge < -0.3 is 5.32 Å². The molecule has 0 saturated heterocycles. The number of halogens is 1. The Morgan fingerprint density at radius 1 is 1.42 bits per heavy atom. The average Bonchev–Trinajstić information content (AvgIpc) is 2.98. The van der Waals surface area contributed by atoms with E-state index in [2.05, 4.69) is 10.4 Å². The third-order valence-corrected chi connectivity index (χ3v) is 3.34. The van der Waals surface area contributed by atoms with E-state index in [9.17, 15) is 4.79 Å². The Hall–Kier alpha value is -1.81. The van der Waals surface area contributed by atoms with Crippen molar-refractivity contribution in [2.45, 2.75) is 13.5 Å². The number of amides is 1. The van der Waals surface area contributed by atoms with Crippen molar-refractivity contribution in [1.82, 2.24) is 15.1 Å². The van der Waals surface area contributed by atoms with Gasteiger partial charge in [-0.3, -0.25) is 4.79 Å². The topological polar surface area (TPSA) is 46.9 Å². The molecule has 19 heavy (non-hydrogen) atoms. The minimum absolute atomic E-state index is 0.0368. The minimum Gasteiger partial charge on any atom is -0.352 e. The first kappa shape index (κ1) is 13.6. The van der Waals surface area contributed by atoms with Crippen molar-refractivity contribution >= 4 is 17.5 Å². The Morgan fingerprint density at radius 2 is 2.21 bits per heavy atom. The monoisotopic (exact) mass is 277 g/mol. The summed E-state index contributed by atoms with van der Waals surface area (Å²) in [6, 6.07) is 9.70. The van der Waals surface area contributed by atoms with E-state index in [0.29, 0.717) is 12.4 Å². The summed E-state index contributed by atoms with van der Waals surface area (Å²) >= 11 is 5.67. The zero-order valence-electron chi connectivity index (χ0n) is 10.7. The third-order valence-electron chi connectivity index (χ3n) is 2.87. The molecule has 100 valence electrons. The van der Waals surface area contributed by atoms with Crippen molar-refractivity contribution in [3.63, 3.8) is 0 Å². The van der Waals surface area contributed by atoms with E-state index in [0.717, 1.165) is 11.3 Å². The lowest BCUT2D eigenvalue weighted by molar-refractivity contribution is -0.124. The smallest absolute Gasteiger partial charge is 0.224 e. The summed E-state index contributed by atoms with van der Waals surface area (Å²) in [5, 5.41) is 7.10. The molecule has 1 aromatic carbocycles. The molecule has 0 spiro atoms. The van der Waals surface area contributed by atoms with Gasteiger partial charge in [0.2, 0.25) is 5.91 Å². The molecule has 0 aliphatic carbocycles. The van der Waals surface area contributed by atoms with E-state index in [4.69, 9.17) is 11.6 Å². The van der Waals surface area contributed by atoms with Crippen LogP contribution in [0.5, 0.6) is 0 Å². The SMILES string of the molecule is CC(CCl)C(=O)NCc1ccccc1-n1cccn1. The molecular weight excluding hydrogens is 262 g/mol. The molecule has 1 amide bonds. The molecule has 0 fully saturated rings. The Bertz CT molecular complexity index is 539. The molecule has 0 radical (unpaired) electrons. The molecule has 1 N–H and O–H groups in total. The quantitative estimate of drug-likeness (QED) is 0.853. The predicted octanol–water partition coefficient (Wildman–Crippen LogP) is 2.36. The minimum atomic E-state index is -0.182. The number of nitrogens with one attached hydrogen (secondary N) is 1. The highest BCUT2D eigenvalue weighted by molar-refractivity contribution is 6.19. The van der Waals surface area contributed by atoms with Gasteiger partial charge in [0.1, 0.15) is 0 Å². The first-order valence-electron chi connectivity index (χ1n) is 6.14. The largest absolute Gasteiger partial charge is 0.352 e. The lowest BCUT2D eigenvalue weighted by atomic mass is 10.1. The summed E-state index contributed by atoms with van der Waals surface area (Å²) in [6.45, 7) is 2.28. The van der Waals surface area contributed by atoms with Crippen LogP contribution in [0, 0.1) is 5.92 Å². The van der Waals surface area contributed by atoms with Crippen molar-refractivity contribution < 1.29 is 4.79 Å². The molecule has 1 unspecified atom stereocenters. The van der Waals surface area contributed by atoms with Gasteiger partial charge in [0, 0.05) is 30.7 Å². The lowest BCUT2D eigenvalue weighted by Crippen LogP contribution is -2.29. The third kappa shape index (κ3) is 3.35. The van der Waals surface area contributed by atoms with Gasteiger partial charge in [-0.2, -0.15) is 5.10 Å². The standard InChI is InChI=1S/C14H16ClN3O/c1-11(9-15)14(19)16-10-12-5-2-3-6-13(12)18-8-4-7-17-18/h2-8,11H,9-10H2,1H3,(H,16,19). The maximum Gasteiger partial charge on any atom is 0.224 e. The maximum atomic E-state index is 11.7. The first-order chi connectivity index (χ1) is 9.22. The highest BCUT2D eigenvalue weighted by Gasteiger charge is 2.12. The fourth-order valence-corrected chi connectivity index (χ4v) is 1.86. The van der Waals surface area contributed by atoms with Crippen molar-refractivity contribution in [3.8, 4) is 5.69 Å². The molecule has 4 nitrogen and oxygen atoms in total. The molecule has 2 aromatic rings. The molecule has 0 aliphatic heterocycles. The average molecular weight is 278 g/mol. The van der Waals surface area contributed by atoms with Crippen LogP contribution < -0.4 is 5.32 Å². The Labute approximate surface area is 117 Å². The van der Waals surface area contributed by atoms with Gasteiger partial charge in [-0.1, -0.05) is 25.1 Å². The van der Waals surface area contributed by atoms with Crippen LogP contribution in [0.3, 0.4) is 0 Å². The molecule has 1 aromatic heterocycles. The molecule has 1 heterocycles. The van der Waals surface area contributed by atoms with Crippen molar-refractivity contribution in [2.24, 2.45) is 5.92 Å². The van der Waals surface area contributed by atoms with Gasteiger partial charge in [-0.05, 0) is 17.7 Å². The fourth-order valence-electron chi connectivity index (χ4n) is 1.72. The van der Waals surface area contributed by atoms with Gasteiger partial charge in [0.25, 0.3) is 0 Å². The molecular formula is C14H16ClN3O. The van der Waals surface area contributed by atoms with Crippen LogP contribution in [0.4, 0.5) is 0 Å². The number of para-hydroxylation sites is 1. The first-order valence-corrected chi connectivity index (χ1v) is 6.67. The highest BCUT2D eigenvalue weighted by atomic mass is 35.5. The van der Waals surface area contributed by atoms with E-state index in [1.54, 1.807) is 10.9 Å². The molecule has 0 aliphatic rings. The number of nitrogens with zero attached hydrogens (tertiary/aromatic N) is 2. The van der Waals surface area contributed by atoms with E-state index < -0.39 is 0 Å². The second-order valence-electron chi connectivity index (χ2n) is 4.35. The highest BCUT2D eigenvalue weighted by Crippen LogP contribution is 2.13. The zero-order valence-corrected chi connectivity index (χ0v) is 11.5. The van der Waals surface area contributed by atoms with Crippen LogP contribution in [0.1, 0.15) is 12.5 Å². The normalized spacial score (nSPS) is 12.1. The summed E-state index contributed by atoms with van der Waals surface area (Å²) < 4.78 is 1.78. The van der Waals surface area contributed by atoms with Gasteiger partial charge in [0.05, 0.1) is 5.69 Å². The van der Waals surface area contributed by atoms with Crippen LogP contribution in [-0.2, 0) is 11.3 Å². The van der Waals surface area contributed by atoms with E-state index in [1.165, 1.54) is 0 Å². The summed E-state index contributed by atoms with van der Waals surface area (Å²) in [4.78, 5) is 11.7. The number of hydrogen-bond acceptors (Lipinski definition) is 2. The maximum absolute atomic E-state index is 11.7. The predicted molar refractivity (Wildman–Crippen MR) is 75.3 cm³/mol. The van der Waals surface area contributed by atoms with Gasteiger partial charge >= 0.3 is 0 Å². The van der Waals surface area contributed by atoms with Crippen LogP contribution in [0.2, 0.25) is 0 Å². The summed E-state index contributed by atoms with van der Waals surface area (Å²) in [7, 11) is 0. The molecule has 0 bridgehead atoms. The Balaban J connectivity index is 2.11. The van der Waals surface area contributed by atoms with Crippen LogP contribution >= 0.6 is 11.6 Å². The molecule has 1 atom stereocenters. The van der Waals surface area contributed by atoms with Crippen molar-refractivity contribution in [2.75, 3.05) is 5.88 Å². The molecule has 5 heteroatoms. The summed E-state index contributed by atoms with van der Waals surface area (Å²) in [6.07, 6.45) is 3.60. The summed E-state index contributed by atoms with van der Waals surface area (Å²) in [5.74, 6) is 0.107. The Morgan fingerprint density at radius 3 is 2.89 bits per heavy atom. The number of alkyl halides is 1. The van der Waals surface area contributed by atoms with Crippen LogP contribution in [0.15, 0.2) is 42.7 Å². The van der Waals surface area contributed by atoms with E-state index in [-0.39, 0.29) is 11.8 Å². The Kier molecular flexibility index (Phi) is 4.58. The van der Waals surface area contributed by atoms with Gasteiger partial charge in [-0.15, -0.1) is 11.6 Å². The van der Waals surface area contributed by atoms with E-state index in [1.807, 2.05) is 43.5 Å². The van der Waals surface area contributed by atoms with Crippen LogP contribution in [-0.4, -0.2) is 21.6 Å². The number of hydrogen-bond donors (Lipinski definition) is 1. The lowest BCUT2D eigenvalue weighted by Gasteiger charge is -2.12. The number of carbonyl (C=O) groups is 1.